The SMILES string of the molecule is O=S(=O)(c1ccccc1)N1OC1C1=CC=CCC1. The second-order valence-corrected chi connectivity index (χ2v) is 6.02. The standard InChI is InChI=1S/C13H13NO3S/c15-18(16,12-9-5-2-6-10-12)14-13(17-14)11-7-3-1-4-8-11/h1-3,5-7,9-10,13H,4,8H2. The van der Waals surface area contributed by atoms with Crippen LogP contribution in [0.1, 0.15) is 12.8 Å². The quantitative estimate of drug-likeness (QED) is 0.786. The summed E-state index contributed by atoms with van der Waals surface area (Å²) >= 11 is 0. The first-order chi connectivity index (χ1) is 8.69. The van der Waals surface area contributed by atoms with E-state index >= 15 is 0 Å². The molecule has 0 spiro atoms. The maximum Gasteiger partial charge on any atom is 0.267 e. The summed E-state index contributed by atoms with van der Waals surface area (Å²) in [6.07, 6.45) is 7.29. The molecule has 1 aliphatic carbocycles. The fourth-order valence-electron chi connectivity index (χ4n) is 1.98. The molecule has 1 aromatic carbocycles. The average Bonchev–Trinajstić information content (AvgIpc) is 3.22. The summed E-state index contributed by atoms with van der Waals surface area (Å²) in [5.41, 5.74) is 1.01. The molecule has 2 aliphatic rings. The normalized spacial score (nSPS) is 26.8. The Bertz CT molecular complexity index is 604. The van der Waals surface area contributed by atoms with Gasteiger partial charge in [0.25, 0.3) is 10.0 Å². The Balaban J connectivity index is 1.82. The molecule has 0 bridgehead atoms. The molecule has 2 atom stereocenters. The van der Waals surface area contributed by atoms with Gasteiger partial charge in [0.1, 0.15) is 0 Å². The second-order valence-electron chi connectivity index (χ2n) is 4.24. The number of sulfonamides is 1. The number of nitrogens with zero attached hydrogens (tertiary/aromatic N) is 1. The lowest BCUT2D eigenvalue weighted by molar-refractivity contribution is 0.286. The highest BCUT2D eigenvalue weighted by Gasteiger charge is 2.49. The minimum absolute atomic E-state index is 0.263. The van der Waals surface area contributed by atoms with Gasteiger partial charge in [-0.05, 0) is 35.0 Å². The minimum atomic E-state index is -3.52. The van der Waals surface area contributed by atoms with Gasteiger partial charge < -0.3 is 0 Å². The van der Waals surface area contributed by atoms with Crippen molar-refractivity contribution >= 4 is 10.0 Å². The van der Waals surface area contributed by atoms with E-state index in [0.717, 1.165) is 22.9 Å². The smallest absolute Gasteiger partial charge is 0.254 e. The Morgan fingerprint density at radius 2 is 2.00 bits per heavy atom. The monoisotopic (exact) mass is 263 g/mol. The number of benzene rings is 1. The van der Waals surface area contributed by atoms with E-state index in [9.17, 15) is 8.42 Å². The zero-order valence-corrected chi connectivity index (χ0v) is 10.5. The first-order valence-electron chi connectivity index (χ1n) is 5.81. The van der Waals surface area contributed by atoms with Gasteiger partial charge in [0.05, 0.1) is 4.90 Å². The van der Waals surface area contributed by atoms with Crippen molar-refractivity contribution in [3.05, 3.63) is 54.1 Å². The van der Waals surface area contributed by atoms with E-state index in [2.05, 4.69) is 6.08 Å². The van der Waals surface area contributed by atoms with Crippen LogP contribution >= 0.6 is 0 Å². The van der Waals surface area contributed by atoms with Gasteiger partial charge in [-0.15, -0.1) is 0 Å². The number of hydrogen-bond donors (Lipinski definition) is 0. The van der Waals surface area contributed by atoms with Gasteiger partial charge in [-0.1, -0.05) is 36.4 Å². The highest BCUT2D eigenvalue weighted by Crippen LogP contribution is 2.37. The van der Waals surface area contributed by atoms with Crippen molar-refractivity contribution in [2.24, 2.45) is 0 Å². The van der Waals surface area contributed by atoms with Gasteiger partial charge in [0.2, 0.25) is 0 Å². The summed E-state index contributed by atoms with van der Waals surface area (Å²) in [6, 6.07) is 8.34. The van der Waals surface area contributed by atoms with Crippen molar-refractivity contribution < 1.29 is 13.3 Å². The lowest BCUT2D eigenvalue weighted by atomic mass is 10.1. The van der Waals surface area contributed by atoms with E-state index in [4.69, 9.17) is 4.84 Å². The molecule has 0 radical (unpaired) electrons. The van der Waals surface area contributed by atoms with Crippen LogP contribution in [0.5, 0.6) is 0 Å². The van der Waals surface area contributed by atoms with Crippen molar-refractivity contribution in [3.8, 4) is 0 Å². The minimum Gasteiger partial charge on any atom is -0.254 e. The predicted molar refractivity (Wildman–Crippen MR) is 66.8 cm³/mol. The lowest BCUT2D eigenvalue weighted by Crippen LogP contribution is -2.15. The Morgan fingerprint density at radius 1 is 1.22 bits per heavy atom. The van der Waals surface area contributed by atoms with E-state index in [1.807, 2.05) is 12.2 Å². The maximum atomic E-state index is 12.2. The van der Waals surface area contributed by atoms with Crippen LogP contribution in [0.3, 0.4) is 0 Å². The molecular formula is C13H13NO3S. The molecule has 1 aromatic rings. The molecule has 0 saturated carbocycles. The van der Waals surface area contributed by atoms with Gasteiger partial charge in [0.15, 0.2) is 6.23 Å². The molecule has 94 valence electrons. The molecule has 4 nitrogen and oxygen atoms in total. The fraction of sp³-hybridized carbons (Fsp3) is 0.231. The molecular weight excluding hydrogens is 250 g/mol. The van der Waals surface area contributed by atoms with Gasteiger partial charge >= 0.3 is 0 Å². The molecule has 18 heavy (non-hydrogen) atoms. The summed E-state index contributed by atoms with van der Waals surface area (Å²) < 4.78 is 25.5. The number of hydroxylamine groups is 1. The number of hydrogen-bond acceptors (Lipinski definition) is 3. The largest absolute Gasteiger partial charge is 0.267 e. The third-order valence-corrected chi connectivity index (χ3v) is 4.61. The Morgan fingerprint density at radius 3 is 2.67 bits per heavy atom. The summed E-state index contributed by atoms with van der Waals surface area (Å²) in [4.78, 5) is 5.48. The van der Waals surface area contributed by atoms with Crippen LogP contribution in [0.25, 0.3) is 0 Å². The van der Waals surface area contributed by atoms with E-state index < -0.39 is 16.3 Å². The highest BCUT2D eigenvalue weighted by atomic mass is 32.2. The molecule has 5 heteroatoms. The second kappa shape index (κ2) is 4.35. The van der Waals surface area contributed by atoms with Crippen molar-refractivity contribution in [1.82, 2.24) is 4.47 Å². The zero-order chi connectivity index (χ0) is 12.6. The highest BCUT2D eigenvalue weighted by molar-refractivity contribution is 7.89. The third-order valence-electron chi connectivity index (χ3n) is 2.99. The summed E-state index contributed by atoms with van der Waals surface area (Å²) in [5.74, 6) is 0. The van der Waals surface area contributed by atoms with Crippen LogP contribution in [-0.4, -0.2) is 19.1 Å². The van der Waals surface area contributed by atoms with Crippen molar-refractivity contribution in [3.63, 3.8) is 0 Å². The van der Waals surface area contributed by atoms with Gasteiger partial charge in [0, 0.05) is 0 Å². The molecule has 1 heterocycles. The average molecular weight is 263 g/mol. The summed E-state index contributed by atoms with van der Waals surface area (Å²) in [6.45, 7) is 0. The van der Waals surface area contributed by atoms with Crippen LogP contribution in [0.2, 0.25) is 0 Å². The van der Waals surface area contributed by atoms with Crippen LogP contribution < -0.4 is 0 Å². The van der Waals surface area contributed by atoms with E-state index in [1.165, 1.54) is 0 Å². The van der Waals surface area contributed by atoms with Gasteiger partial charge in [-0.3, -0.25) is 4.84 Å². The van der Waals surface area contributed by atoms with Crippen LogP contribution in [0.4, 0.5) is 0 Å². The maximum absolute atomic E-state index is 12.2. The fourth-order valence-corrected chi connectivity index (χ4v) is 3.27. The predicted octanol–water partition coefficient (Wildman–Crippen LogP) is 2.23. The number of allylic oxidation sites excluding steroid dienone is 3. The molecule has 2 unspecified atom stereocenters. The van der Waals surface area contributed by atoms with Crippen LogP contribution in [0, 0.1) is 0 Å². The van der Waals surface area contributed by atoms with Crippen molar-refractivity contribution in [2.75, 3.05) is 0 Å². The molecule has 1 fully saturated rings. The van der Waals surface area contributed by atoms with Crippen molar-refractivity contribution in [1.29, 1.82) is 0 Å². The first-order valence-corrected chi connectivity index (χ1v) is 7.25. The van der Waals surface area contributed by atoms with Gasteiger partial charge in [-0.25, -0.2) is 8.42 Å². The van der Waals surface area contributed by atoms with E-state index in [1.54, 1.807) is 30.3 Å². The van der Waals surface area contributed by atoms with Crippen LogP contribution in [-0.2, 0) is 14.9 Å². The van der Waals surface area contributed by atoms with Crippen LogP contribution in [0.15, 0.2) is 59.0 Å². The first kappa shape index (κ1) is 11.6. The Labute approximate surface area is 106 Å². The zero-order valence-electron chi connectivity index (χ0n) is 9.69. The lowest BCUT2D eigenvalue weighted by Gasteiger charge is -2.05. The number of rotatable bonds is 3. The molecule has 3 rings (SSSR count). The summed E-state index contributed by atoms with van der Waals surface area (Å²) in [7, 11) is -3.52. The molecule has 1 saturated heterocycles. The molecule has 0 amide bonds. The molecule has 1 aliphatic heterocycles. The topological polar surface area (TPSA) is 49.7 Å². The van der Waals surface area contributed by atoms with E-state index in [-0.39, 0.29) is 4.90 Å². The Kier molecular flexibility index (Phi) is 2.81. The summed E-state index contributed by atoms with van der Waals surface area (Å²) in [5, 5.41) is 0. The van der Waals surface area contributed by atoms with E-state index in [0.29, 0.717) is 0 Å². The molecule has 0 N–H and O–H groups in total. The molecule has 0 aromatic heterocycles. The third kappa shape index (κ3) is 2.01. The van der Waals surface area contributed by atoms with Crippen molar-refractivity contribution in [2.45, 2.75) is 24.0 Å². The Hall–Kier alpha value is -1.43. The van der Waals surface area contributed by atoms with Gasteiger partial charge in [-0.2, -0.15) is 0 Å².